The molecule has 0 saturated heterocycles. The van der Waals surface area contributed by atoms with Gasteiger partial charge < -0.3 is 10.1 Å². The van der Waals surface area contributed by atoms with Crippen LogP contribution < -0.4 is 14.4 Å². The number of sulfonamides is 1. The fourth-order valence-electron chi connectivity index (χ4n) is 2.81. The molecule has 0 spiro atoms. The molecule has 0 atom stereocenters. The summed E-state index contributed by atoms with van der Waals surface area (Å²) in [6, 6.07) is 16.1. The number of aryl methyl sites for hydroxylation is 1. The highest BCUT2D eigenvalue weighted by molar-refractivity contribution is 7.92. The lowest BCUT2D eigenvalue weighted by Crippen LogP contribution is -2.38. The third-order valence-corrected chi connectivity index (χ3v) is 6.56. The summed E-state index contributed by atoms with van der Waals surface area (Å²) in [5, 5.41) is 2.53. The second-order valence-electron chi connectivity index (χ2n) is 6.70. The maximum Gasteiger partial charge on any atom is 0.264 e. The average molecular weight is 463 g/mol. The molecule has 0 aliphatic heterocycles. The first-order valence-electron chi connectivity index (χ1n) is 9.19. The van der Waals surface area contributed by atoms with Crippen molar-refractivity contribution in [1.82, 2.24) is 0 Å². The summed E-state index contributed by atoms with van der Waals surface area (Å²) in [7, 11) is -2.56. The number of halogens is 2. The van der Waals surface area contributed by atoms with Gasteiger partial charge in [-0.15, -0.1) is 0 Å². The second kappa shape index (κ2) is 9.36. The van der Waals surface area contributed by atoms with E-state index in [0.717, 1.165) is 22.0 Å². The van der Waals surface area contributed by atoms with Gasteiger partial charge in [0.05, 0.1) is 28.4 Å². The second-order valence-corrected chi connectivity index (χ2v) is 8.96. The number of nitrogens with zero attached hydrogens (tertiary/aromatic N) is 1. The van der Waals surface area contributed by atoms with Crippen molar-refractivity contribution in [1.29, 1.82) is 0 Å². The molecular formula is C22H20ClFN2O4S. The van der Waals surface area contributed by atoms with Gasteiger partial charge in [-0.05, 0) is 61.5 Å². The normalized spacial score (nSPS) is 11.1. The molecule has 0 aliphatic rings. The maximum atomic E-state index is 13.3. The number of rotatable bonds is 7. The first-order chi connectivity index (χ1) is 14.7. The number of hydrogen-bond acceptors (Lipinski definition) is 4. The van der Waals surface area contributed by atoms with Gasteiger partial charge in [0.1, 0.15) is 18.1 Å². The number of carbonyl (C=O) groups is 1. The Bertz CT molecular complexity index is 1180. The van der Waals surface area contributed by atoms with E-state index in [-0.39, 0.29) is 21.3 Å². The van der Waals surface area contributed by atoms with E-state index >= 15 is 0 Å². The molecule has 3 aromatic carbocycles. The number of hydrogen-bond donors (Lipinski definition) is 1. The minimum Gasteiger partial charge on any atom is -0.497 e. The van der Waals surface area contributed by atoms with Gasteiger partial charge in [-0.3, -0.25) is 9.10 Å². The Morgan fingerprint density at radius 1 is 1.06 bits per heavy atom. The molecule has 0 unspecified atom stereocenters. The van der Waals surface area contributed by atoms with E-state index in [1.54, 1.807) is 36.4 Å². The van der Waals surface area contributed by atoms with Crippen LogP contribution in [0.5, 0.6) is 5.75 Å². The van der Waals surface area contributed by atoms with E-state index in [4.69, 9.17) is 16.3 Å². The molecule has 3 rings (SSSR count). The summed E-state index contributed by atoms with van der Waals surface area (Å²) in [6.07, 6.45) is 0. The van der Waals surface area contributed by atoms with Crippen LogP contribution in [0.4, 0.5) is 15.8 Å². The van der Waals surface area contributed by atoms with Crippen molar-refractivity contribution in [2.75, 3.05) is 23.3 Å². The molecule has 0 aromatic heterocycles. The van der Waals surface area contributed by atoms with E-state index in [9.17, 15) is 17.6 Å². The highest BCUT2D eigenvalue weighted by Gasteiger charge is 2.27. The van der Waals surface area contributed by atoms with Crippen molar-refractivity contribution in [3.05, 3.63) is 83.1 Å². The van der Waals surface area contributed by atoms with Gasteiger partial charge in [0, 0.05) is 0 Å². The highest BCUT2D eigenvalue weighted by atomic mass is 35.5. The van der Waals surface area contributed by atoms with Gasteiger partial charge in [-0.25, -0.2) is 12.8 Å². The number of methoxy groups -OCH3 is 1. The molecule has 1 N–H and O–H groups in total. The molecule has 0 radical (unpaired) electrons. The van der Waals surface area contributed by atoms with E-state index < -0.39 is 28.3 Å². The van der Waals surface area contributed by atoms with Gasteiger partial charge in [0.15, 0.2) is 0 Å². The smallest absolute Gasteiger partial charge is 0.264 e. The fourth-order valence-corrected chi connectivity index (χ4v) is 4.45. The summed E-state index contributed by atoms with van der Waals surface area (Å²) in [6.45, 7) is 1.33. The Labute approximate surface area is 185 Å². The predicted molar refractivity (Wildman–Crippen MR) is 119 cm³/mol. The van der Waals surface area contributed by atoms with E-state index in [1.807, 2.05) is 6.92 Å². The molecular weight excluding hydrogens is 443 g/mol. The minimum absolute atomic E-state index is 0.00531. The first-order valence-corrected chi connectivity index (χ1v) is 11.0. The Morgan fingerprint density at radius 2 is 1.71 bits per heavy atom. The third kappa shape index (κ3) is 5.34. The van der Waals surface area contributed by atoms with Crippen molar-refractivity contribution in [2.24, 2.45) is 0 Å². The standard InChI is InChI=1S/C22H20ClFN2O4S/c1-15-3-10-19(11-4-15)31(28,29)26(17-6-8-18(30-2)9-7-17)14-22(27)25-21-12-5-16(24)13-20(21)23/h3-13H,14H2,1-2H3,(H,25,27). The van der Waals surface area contributed by atoms with Gasteiger partial charge in [-0.2, -0.15) is 0 Å². The first kappa shape index (κ1) is 22.6. The Morgan fingerprint density at radius 3 is 2.29 bits per heavy atom. The third-order valence-electron chi connectivity index (χ3n) is 4.46. The van der Waals surface area contributed by atoms with Crippen molar-refractivity contribution in [2.45, 2.75) is 11.8 Å². The lowest BCUT2D eigenvalue weighted by atomic mass is 10.2. The Kier molecular flexibility index (Phi) is 6.82. The van der Waals surface area contributed by atoms with Crippen LogP contribution in [0, 0.1) is 12.7 Å². The number of benzene rings is 3. The number of amides is 1. The van der Waals surface area contributed by atoms with Crippen LogP contribution in [-0.2, 0) is 14.8 Å². The number of carbonyl (C=O) groups excluding carboxylic acids is 1. The number of ether oxygens (including phenoxy) is 1. The molecule has 0 fully saturated rings. The van der Waals surface area contributed by atoms with Crippen LogP contribution in [0.15, 0.2) is 71.6 Å². The summed E-state index contributed by atoms with van der Waals surface area (Å²) in [5.74, 6) is -0.649. The van der Waals surface area contributed by atoms with Crippen LogP contribution in [0.25, 0.3) is 0 Å². The van der Waals surface area contributed by atoms with E-state index in [2.05, 4.69) is 5.32 Å². The summed E-state index contributed by atoms with van der Waals surface area (Å²) in [4.78, 5) is 12.7. The molecule has 9 heteroatoms. The average Bonchev–Trinajstić information content (AvgIpc) is 2.74. The van der Waals surface area contributed by atoms with E-state index in [0.29, 0.717) is 5.75 Å². The summed E-state index contributed by atoms with van der Waals surface area (Å²) >= 11 is 5.96. The SMILES string of the molecule is COc1ccc(N(CC(=O)Nc2ccc(F)cc2Cl)S(=O)(=O)c2ccc(C)cc2)cc1. The number of nitrogens with one attached hydrogen (secondary N) is 1. The van der Waals surface area contributed by atoms with Gasteiger partial charge in [0.25, 0.3) is 10.0 Å². The lowest BCUT2D eigenvalue weighted by molar-refractivity contribution is -0.114. The Hall–Kier alpha value is -3.10. The van der Waals surface area contributed by atoms with Crippen molar-refractivity contribution < 1.29 is 22.3 Å². The largest absolute Gasteiger partial charge is 0.497 e. The number of anilines is 2. The molecule has 0 bridgehead atoms. The topological polar surface area (TPSA) is 75.7 Å². The maximum absolute atomic E-state index is 13.3. The van der Waals surface area contributed by atoms with Crippen LogP contribution in [0.3, 0.4) is 0 Å². The zero-order valence-electron chi connectivity index (χ0n) is 16.8. The molecule has 6 nitrogen and oxygen atoms in total. The van der Waals surface area contributed by atoms with E-state index in [1.165, 1.54) is 25.3 Å². The van der Waals surface area contributed by atoms with Crippen molar-refractivity contribution in [3.63, 3.8) is 0 Å². The molecule has 0 aliphatic carbocycles. The summed E-state index contributed by atoms with van der Waals surface area (Å²) < 4.78 is 46.0. The van der Waals surface area contributed by atoms with Crippen LogP contribution in [0.1, 0.15) is 5.56 Å². The molecule has 1 amide bonds. The van der Waals surface area contributed by atoms with Crippen molar-refractivity contribution in [3.8, 4) is 5.75 Å². The Balaban J connectivity index is 1.94. The molecule has 0 saturated carbocycles. The van der Waals surface area contributed by atoms with Gasteiger partial charge in [-0.1, -0.05) is 29.3 Å². The van der Waals surface area contributed by atoms with Crippen molar-refractivity contribution >= 4 is 38.9 Å². The van der Waals surface area contributed by atoms with Crippen LogP contribution in [-0.4, -0.2) is 28.0 Å². The molecule has 31 heavy (non-hydrogen) atoms. The summed E-state index contributed by atoms with van der Waals surface area (Å²) in [5.41, 5.74) is 1.36. The molecule has 0 heterocycles. The lowest BCUT2D eigenvalue weighted by Gasteiger charge is -2.24. The monoisotopic (exact) mass is 462 g/mol. The van der Waals surface area contributed by atoms with Gasteiger partial charge in [0.2, 0.25) is 5.91 Å². The van der Waals surface area contributed by atoms with Crippen LogP contribution in [0.2, 0.25) is 5.02 Å². The fraction of sp³-hybridized carbons (Fsp3) is 0.136. The molecule has 162 valence electrons. The zero-order valence-corrected chi connectivity index (χ0v) is 18.4. The minimum atomic E-state index is -4.06. The predicted octanol–water partition coefficient (Wildman–Crippen LogP) is 4.63. The highest BCUT2D eigenvalue weighted by Crippen LogP contribution is 2.27. The zero-order chi connectivity index (χ0) is 22.6. The van der Waals surface area contributed by atoms with Gasteiger partial charge >= 0.3 is 0 Å². The molecule has 3 aromatic rings. The quantitative estimate of drug-likeness (QED) is 0.555. The van der Waals surface area contributed by atoms with Crippen LogP contribution >= 0.6 is 11.6 Å².